The quantitative estimate of drug-likeness (QED) is 0.449. The second kappa shape index (κ2) is 6.09. The summed E-state index contributed by atoms with van der Waals surface area (Å²) >= 11 is 7.57. The van der Waals surface area contributed by atoms with Gasteiger partial charge in [-0.25, -0.2) is 8.78 Å². The van der Waals surface area contributed by atoms with Crippen molar-refractivity contribution in [1.82, 2.24) is 9.88 Å². The first-order chi connectivity index (χ1) is 10.4. The molecule has 2 aliphatic heterocycles. The summed E-state index contributed by atoms with van der Waals surface area (Å²) in [6.45, 7) is -0.208. The molecule has 2 bridgehead atoms. The lowest BCUT2D eigenvalue weighted by Gasteiger charge is -2.46. The SMILES string of the molecule is NC(=S)C1(c2cncc(I)c2)C[C@H]2C=C[C@@H](C1)N2CC(F)F. The summed E-state index contributed by atoms with van der Waals surface area (Å²) in [6, 6.07) is 1.94. The Balaban J connectivity index is 1.94. The maximum atomic E-state index is 12.8. The van der Waals surface area contributed by atoms with Crippen LogP contribution in [0.4, 0.5) is 8.78 Å². The Morgan fingerprint density at radius 3 is 2.55 bits per heavy atom. The summed E-state index contributed by atoms with van der Waals surface area (Å²) in [5, 5.41) is 0. The highest BCUT2D eigenvalue weighted by Crippen LogP contribution is 2.45. The van der Waals surface area contributed by atoms with Crippen LogP contribution >= 0.6 is 34.8 Å². The first kappa shape index (κ1) is 16.2. The Labute approximate surface area is 147 Å². The van der Waals surface area contributed by atoms with Gasteiger partial charge < -0.3 is 5.73 Å². The van der Waals surface area contributed by atoms with Gasteiger partial charge in [0.05, 0.1) is 16.9 Å². The molecule has 1 unspecified atom stereocenters. The highest BCUT2D eigenvalue weighted by atomic mass is 127. The molecule has 3 heterocycles. The molecule has 0 radical (unpaired) electrons. The topological polar surface area (TPSA) is 42.1 Å². The summed E-state index contributed by atoms with van der Waals surface area (Å²) in [5.74, 6) is 0. The van der Waals surface area contributed by atoms with E-state index >= 15 is 0 Å². The van der Waals surface area contributed by atoms with Crippen molar-refractivity contribution < 1.29 is 8.78 Å². The molecule has 0 spiro atoms. The molecule has 1 saturated heterocycles. The number of pyridine rings is 1. The number of rotatable bonds is 4. The van der Waals surface area contributed by atoms with Gasteiger partial charge in [-0.1, -0.05) is 24.4 Å². The summed E-state index contributed by atoms with van der Waals surface area (Å²) in [5.41, 5.74) is 6.61. The van der Waals surface area contributed by atoms with Gasteiger partial charge in [0.2, 0.25) is 0 Å². The van der Waals surface area contributed by atoms with Gasteiger partial charge in [0.1, 0.15) is 0 Å². The molecule has 3 atom stereocenters. The number of alkyl halides is 2. The summed E-state index contributed by atoms with van der Waals surface area (Å²) in [6.07, 6.45) is 6.51. The molecule has 1 aromatic heterocycles. The molecule has 3 nitrogen and oxygen atoms in total. The molecule has 7 heteroatoms. The largest absolute Gasteiger partial charge is 0.393 e. The minimum atomic E-state index is -2.33. The molecule has 2 aliphatic rings. The molecule has 118 valence electrons. The van der Waals surface area contributed by atoms with Crippen LogP contribution in [-0.4, -0.2) is 39.9 Å². The van der Waals surface area contributed by atoms with Gasteiger partial charge in [0.15, 0.2) is 0 Å². The molecule has 3 rings (SSSR count). The van der Waals surface area contributed by atoms with Crippen LogP contribution in [0.2, 0.25) is 0 Å². The molecule has 1 fully saturated rings. The van der Waals surface area contributed by atoms with Crippen LogP contribution < -0.4 is 5.73 Å². The van der Waals surface area contributed by atoms with Crippen molar-refractivity contribution in [3.05, 3.63) is 39.7 Å². The molecule has 2 N–H and O–H groups in total. The molecule has 0 aliphatic carbocycles. The van der Waals surface area contributed by atoms with Crippen LogP contribution in [-0.2, 0) is 5.41 Å². The highest BCUT2D eigenvalue weighted by Gasteiger charge is 2.49. The van der Waals surface area contributed by atoms with Gasteiger partial charge in [-0.3, -0.25) is 9.88 Å². The zero-order chi connectivity index (χ0) is 15.9. The zero-order valence-corrected chi connectivity index (χ0v) is 14.7. The lowest BCUT2D eigenvalue weighted by Crippen LogP contribution is -2.55. The zero-order valence-electron chi connectivity index (χ0n) is 11.8. The minimum absolute atomic E-state index is 0.0490. The van der Waals surface area contributed by atoms with Crippen LogP contribution in [0.5, 0.6) is 0 Å². The average Bonchev–Trinajstić information content (AvgIpc) is 2.70. The maximum Gasteiger partial charge on any atom is 0.251 e. The number of hydrogen-bond donors (Lipinski definition) is 1. The second-order valence-corrected chi connectivity index (χ2v) is 7.54. The second-order valence-electron chi connectivity index (χ2n) is 5.85. The van der Waals surface area contributed by atoms with E-state index in [4.69, 9.17) is 18.0 Å². The van der Waals surface area contributed by atoms with E-state index in [1.807, 2.05) is 23.1 Å². The standard InChI is InChI=1S/C15H16F2IN3S/c16-13(17)8-21-11-1-2-12(21)5-15(4-11,14(19)22)9-3-10(18)7-20-6-9/h1-3,6-7,11-13H,4-5,8H2,(H2,19,22)/t11-,12+,15?. The van der Waals surface area contributed by atoms with Gasteiger partial charge >= 0.3 is 0 Å². The fourth-order valence-electron chi connectivity index (χ4n) is 3.57. The minimum Gasteiger partial charge on any atom is -0.393 e. The number of aromatic nitrogens is 1. The van der Waals surface area contributed by atoms with Crippen molar-refractivity contribution in [2.75, 3.05) is 6.54 Å². The molecule has 0 saturated carbocycles. The third kappa shape index (κ3) is 2.78. The summed E-state index contributed by atoms with van der Waals surface area (Å²) in [4.78, 5) is 6.52. The molecular formula is C15H16F2IN3S. The van der Waals surface area contributed by atoms with Gasteiger partial charge in [-0.2, -0.15) is 0 Å². The summed E-state index contributed by atoms with van der Waals surface area (Å²) < 4.78 is 26.6. The number of halogens is 3. The van der Waals surface area contributed by atoms with E-state index in [0.29, 0.717) is 17.8 Å². The van der Waals surface area contributed by atoms with Crippen LogP contribution in [0.1, 0.15) is 18.4 Å². The average molecular weight is 435 g/mol. The Morgan fingerprint density at radius 1 is 1.41 bits per heavy atom. The fraction of sp³-hybridized carbons (Fsp3) is 0.467. The Hall–Kier alpha value is -0.670. The van der Waals surface area contributed by atoms with Crippen LogP contribution in [0.3, 0.4) is 0 Å². The van der Waals surface area contributed by atoms with E-state index in [9.17, 15) is 8.78 Å². The predicted octanol–water partition coefficient (Wildman–Crippen LogP) is 2.88. The molecule has 0 amide bonds. The molecule has 0 aromatic carbocycles. The summed E-state index contributed by atoms with van der Waals surface area (Å²) in [7, 11) is 0. The first-order valence-electron chi connectivity index (χ1n) is 7.05. The van der Waals surface area contributed by atoms with Gasteiger partial charge in [-0.05, 0) is 47.1 Å². The van der Waals surface area contributed by atoms with E-state index in [0.717, 1.165) is 9.13 Å². The van der Waals surface area contributed by atoms with Crippen LogP contribution in [0, 0.1) is 3.57 Å². The van der Waals surface area contributed by atoms with E-state index < -0.39 is 11.8 Å². The molecule has 22 heavy (non-hydrogen) atoms. The Bertz CT molecular complexity index is 607. The van der Waals surface area contributed by atoms with Crippen molar-refractivity contribution in [2.45, 2.75) is 36.8 Å². The van der Waals surface area contributed by atoms with Crippen molar-refractivity contribution in [2.24, 2.45) is 5.73 Å². The van der Waals surface area contributed by atoms with Gasteiger partial charge in [0.25, 0.3) is 6.43 Å². The van der Waals surface area contributed by atoms with Gasteiger partial charge in [-0.15, -0.1) is 0 Å². The predicted molar refractivity (Wildman–Crippen MR) is 94.1 cm³/mol. The molecular weight excluding hydrogens is 419 g/mol. The van der Waals surface area contributed by atoms with Crippen molar-refractivity contribution in [3.8, 4) is 0 Å². The Kier molecular flexibility index (Phi) is 4.48. The van der Waals surface area contributed by atoms with Crippen molar-refractivity contribution in [1.29, 1.82) is 0 Å². The normalized spacial score (nSPS) is 30.9. The maximum absolute atomic E-state index is 12.8. The van der Waals surface area contributed by atoms with E-state index in [-0.39, 0.29) is 18.6 Å². The number of fused-ring (bicyclic) bond motifs is 2. The smallest absolute Gasteiger partial charge is 0.251 e. The number of hydrogen-bond acceptors (Lipinski definition) is 3. The van der Waals surface area contributed by atoms with E-state index in [2.05, 4.69) is 27.6 Å². The van der Waals surface area contributed by atoms with Crippen molar-refractivity contribution >= 4 is 39.8 Å². The van der Waals surface area contributed by atoms with Gasteiger partial charge in [0, 0.05) is 28.0 Å². The highest BCUT2D eigenvalue weighted by molar-refractivity contribution is 14.1. The third-order valence-electron chi connectivity index (χ3n) is 4.60. The first-order valence-corrected chi connectivity index (χ1v) is 8.54. The number of nitrogens with zero attached hydrogens (tertiary/aromatic N) is 2. The number of nitrogens with two attached hydrogens (primary N) is 1. The van der Waals surface area contributed by atoms with E-state index in [1.54, 1.807) is 12.4 Å². The lowest BCUT2D eigenvalue weighted by molar-refractivity contribution is 0.0399. The van der Waals surface area contributed by atoms with Crippen LogP contribution in [0.15, 0.2) is 30.6 Å². The molecule has 1 aromatic rings. The Morgan fingerprint density at radius 2 is 2.05 bits per heavy atom. The van der Waals surface area contributed by atoms with Crippen molar-refractivity contribution in [3.63, 3.8) is 0 Å². The number of piperidine rings is 1. The van der Waals surface area contributed by atoms with E-state index in [1.165, 1.54) is 0 Å². The van der Waals surface area contributed by atoms with Crippen LogP contribution in [0.25, 0.3) is 0 Å². The third-order valence-corrected chi connectivity index (χ3v) is 5.58. The number of thiocarbonyl (C=S) groups is 1. The fourth-order valence-corrected chi connectivity index (χ4v) is 4.36. The monoisotopic (exact) mass is 435 g/mol. The lowest BCUT2D eigenvalue weighted by atomic mass is 9.70.